The Morgan fingerprint density at radius 1 is 1.25 bits per heavy atom. The molecule has 0 fully saturated rings. The molecule has 0 spiro atoms. The number of hydrogen-bond acceptors (Lipinski definition) is 2. The second-order valence-electron chi connectivity index (χ2n) is 4.20. The molecule has 0 unspecified atom stereocenters. The lowest BCUT2D eigenvalue weighted by atomic mass is 10.0. The number of ether oxygens (including phenoxy) is 1. The van der Waals surface area contributed by atoms with Crippen molar-refractivity contribution < 1.29 is 14.6 Å². The Balaban J connectivity index is 1.83. The maximum absolute atomic E-state index is 10.3. The first-order chi connectivity index (χ1) is 7.75. The Morgan fingerprint density at radius 2 is 2.06 bits per heavy atom. The van der Waals surface area contributed by atoms with Crippen LogP contribution in [0.15, 0.2) is 18.2 Å². The van der Waals surface area contributed by atoms with Gasteiger partial charge in [0.25, 0.3) is 0 Å². The molecule has 0 amide bonds. The summed E-state index contributed by atoms with van der Waals surface area (Å²) < 4.78 is 5.35. The zero-order valence-corrected chi connectivity index (χ0v) is 9.24. The van der Waals surface area contributed by atoms with Crippen molar-refractivity contribution in [3.8, 4) is 0 Å². The first-order valence-corrected chi connectivity index (χ1v) is 5.66. The number of carbonyl (C=O) groups is 1. The summed E-state index contributed by atoms with van der Waals surface area (Å²) in [4.78, 5) is 10.3. The van der Waals surface area contributed by atoms with Crippen LogP contribution in [-0.2, 0) is 29.2 Å². The third kappa shape index (κ3) is 2.83. The van der Waals surface area contributed by atoms with Gasteiger partial charge in [-0.15, -0.1) is 0 Å². The molecule has 0 radical (unpaired) electrons. The van der Waals surface area contributed by atoms with Crippen LogP contribution in [0.2, 0.25) is 0 Å². The molecule has 1 aromatic rings. The highest BCUT2D eigenvalue weighted by Crippen LogP contribution is 2.21. The summed E-state index contributed by atoms with van der Waals surface area (Å²) in [5.41, 5.74) is 3.86. The summed E-state index contributed by atoms with van der Waals surface area (Å²) >= 11 is 0. The van der Waals surface area contributed by atoms with Crippen LogP contribution in [0.4, 0.5) is 0 Å². The van der Waals surface area contributed by atoms with Crippen LogP contribution in [0.25, 0.3) is 0 Å². The van der Waals surface area contributed by atoms with Gasteiger partial charge < -0.3 is 9.84 Å². The van der Waals surface area contributed by atoms with Crippen molar-refractivity contribution in [3.63, 3.8) is 0 Å². The molecule has 1 heterocycles. The van der Waals surface area contributed by atoms with Crippen molar-refractivity contribution in [3.05, 3.63) is 34.9 Å². The molecule has 2 rings (SSSR count). The Bertz CT molecular complexity index is 385. The maximum Gasteiger partial charge on any atom is 0.303 e. The van der Waals surface area contributed by atoms with E-state index in [2.05, 4.69) is 18.2 Å². The van der Waals surface area contributed by atoms with Gasteiger partial charge in [0.15, 0.2) is 0 Å². The van der Waals surface area contributed by atoms with Crippen molar-refractivity contribution in [1.82, 2.24) is 0 Å². The van der Waals surface area contributed by atoms with E-state index in [4.69, 9.17) is 9.84 Å². The Kier molecular flexibility index (Phi) is 3.57. The molecule has 0 atom stereocenters. The largest absolute Gasteiger partial charge is 0.481 e. The Morgan fingerprint density at radius 3 is 2.88 bits per heavy atom. The van der Waals surface area contributed by atoms with Gasteiger partial charge >= 0.3 is 5.97 Å². The number of unbranched alkanes of at least 4 members (excludes halogenated alkanes) is 1. The fraction of sp³-hybridized carbons (Fsp3) is 0.462. The highest BCUT2D eigenvalue weighted by Gasteiger charge is 2.10. The van der Waals surface area contributed by atoms with E-state index in [0.29, 0.717) is 0 Å². The summed E-state index contributed by atoms with van der Waals surface area (Å²) in [6, 6.07) is 6.42. The minimum atomic E-state index is -0.706. The lowest BCUT2D eigenvalue weighted by Crippen LogP contribution is -1.95. The summed E-state index contributed by atoms with van der Waals surface area (Å²) in [5.74, 6) is -0.706. The predicted molar refractivity (Wildman–Crippen MR) is 60.1 cm³/mol. The molecule has 16 heavy (non-hydrogen) atoms. The van der Waals surface area contributed by atoms with Crippen molar-refractivity contribution in [2.45, 2.75) is 38.9 Å². The average molecular weight is 220 g/mol. The standard InChI is InChI=1S/C13H16O3/c14-13(15)4-2-1-3-10-5-6-11-8-16-9-12(11)7-10/h5-7H,1-4,8-9H2,(H,14,15). The van der Waals surface area contributed by atoms with Crippen LogP contribution >= 0.6 is 0 Å². The highest BCUT2D eigenvalue weighted by molar-refractivity contribution is 5.66. The molecular weight excluding hydrogens is 204 g/mol. The SMILES string of the molecule is O=C(O)CCCCc1ccc2c(c1)COC2. The highest BCUT2D eigenvalue weighted by atomic mass is 16.5. The molecule has 1 N–H and O–H groups in total. The van der Waals surface area contributed by atoms with Crippen molar-refractivity contribution in [1.29, 1.82) is 0 Å². The molecule has 86 valence electrons. The van der Waals surface area contributed by atoms with Crippen LogP contribution in [-0.4, -0.2) is 11.1 Å². The van der Waals surface area contributed by atoms with Crippen LogP contribution in [0.5, 0.6) is 0 Å². The normalized spacial score (nSPS) is 13.8. The van der Waals surface area contributed by atoms with Gasteiger partial charge in [0.2, 0.25) is 0 Å². The second-order valence-corrected chi connectivity index (χ2v) is 4.20. The van der Waals surface area contributed by atoms with Crippen LogP contribution in [0.3, 0.4) is 0 Å². The fourth-order valence-corrected chi connectivity index (χ4v) is 1.99. The Hall–Kier alpha value is -1.35. The van der Waals surface area contributed by atoms with Gasteiger partial charge in [-0.2, -0.15) is 0 Å². The van der Waals surface area contributed by atoms with E-state index in [1.54, 1.807) is 0 Å². The van der Waals surface area contributed by atoms with Gasteiger partial charge in [0, 0.05) is 6.42 Å². The number of aliphatic carboxylic acids is 1. The first kappa shape index (κ1) is 11.1. The molecule has 3 heteroatoms. The molecule has 1 aliphatic heterocycles. The molecule has 0 aliphatic carbocycles. The van der Waals surface area contributed by atoms with E-state index in [9.17, 15) is 4.79 Å². The van der Waals surface area contributed by atoms with Gasteiger partial charge in [0.05, 0.1) is 13.2 Å². The quantitative estimate of drug-likeness (QED) is 0.775. The summed E-state index contributed by atoms with van der Waals surface area (Å²) in [6.45, 7) is 1.45. The fourth-order valence-electron chi connectivity index (χ4n) is 1.99. The average Bonchev–Trinajstić information content (AvgIpc) is 2.71. The van der Waals surface area contributed by atoms with E-state index in [1.165, 1.54) is 16.7 Å². The molecule has 0 aromatic heterocycles. The Labute approximate surface area is 95.0 Å². The lowest BCUT2D eigenvalue weighted by Gasteiger charge is -2.03. The van der Waals surface area contributed by atoms with E-state index in [1.807, 2.05) is 0 Å². The van der Waals surface area contributed by atoms with E-state index in [0.717, 1.165) is 32.5 Å². The monoisotopic (exact) mass is 220 g/mol. The molecule has 1 aromatic carbocycles. The third-order valence-corrected chi connectivity index (χ3v) is 2.89. The van der Waals surface area contributed by atoms with Crippen molar-refractivity contribution in [2.24, 2.45) is 0 Å². The summed E-state index contributed by atoms with van der Waals surface area (Å²) in [7, 11) is 0. The van der Waals surface area contributed by atoms with Gasteiger partial charge in [-0.05, 0) is 36.0 Å². The number of rotatable bonds is 5. The van der Waals surface area contributed by atoms with E-state index in [-0.39, 0.29) is 6.42 Å². The number of carboxylic acid groups (broad SMARTS) is 1. The van der Waals surface area contributed by atoms with E-state index < -0.39 is 5.97 Å². The smallest absolute Gasteiger partial charge is 0.303 e. The molecule has 0 bridgehead atoms. The number of aryl methyl sites for hydroxylation is 1. The van der Waals surface area contributed by atoms with Crippen molar-refractivity contribution >= 4 is 5.97 Å². The van der Waals surface area contributed by atoms with E-state index >= 15 is 0 Å². The second kappa shape index (κ2) is 5.12. The van der Waals surface area contributed by atoms with Gasteiger partial charge in [-0.1, -0.05) is 18.2 Å². The van der Waals surface area contributed by atoms with Crippen LogP contribution in [0.1, 0.15) is 36.0 Å². The molecule has 0 saturated carbocycles. The van der Waals surface area contributed by atoms with Gasteiger partial charge in [-0.3, -0.25) is 4.79 Å². The zero-order chi connectivity index (χ0) is 11.4. The van der Waals surface area contributed by atoms with Gasteiger partial charge in [-0.25, -0.2) is 0 Å². The number of hydrogen-bond donors (Lipinski definition) is 1. The zero-order valence-electron chi connectivity index (χ0n) is 9.24. The number of benzene rings is 1. The van der Waals surface area contributed by atoms with Crippen LogP contribution < -0.4 is 0 Å². The minimum absolute atomic E-state index is 0.272. The molecular formula is C13H16O3. The van der Waals surface area contributed by atoms with Crippen molar-refractivity contribution in [2.75, 3.05) is 0 Å². The predicted octanol–water partition coefficient (Wildman–Crippen LogP) is 2.51. The molecule has 3 nitrogen and oxygen atoms in total. The molecule has 0 saturated heterocycles. The summed E-state index contributed by atoms with van der Waals surface area (Å²) in [6.07, 6.45) is 2.92. The number of carboxylic acids is 1. The molecule has 1 aliphatic rings. The summed E-state index contributed by atoms with van der Waals surface area (Å²) in [5, 5.41) is 8.52. The minimum Gasteiger partial charge on any atom is -0.481 e. The van der Waals surface area contributed by atoms with Crippen LogP contribution in [0, 0.1) is 0 Å². The number of fused-ring (bicyclic) bond motifs is 1. The lowest BCUT2D eigenvalue weighted by molar-refractivity contribution is -0.137. The third-order valence-electron chi connectivity index (χ3n) is 2.89. The maximum atomic E-state index is 10.3. The van der Waals surface area contributed by atoms with Gasteiger partial charge in [0.1, 0.15) is 0 Å². The first-order valence-electron chi connectivity index (χ1n) is 5.66. The topological polar surface area (TPSA) is 46.5 Å².